The average molecular weight is 437 g/mol. The highest BCUT2D eigenvalue weighted by atomic mass is 19.4. The molecule has 3 aliphatic rings. The number of carbonyl (C=O) groups is 2. The molecule has 1 unspecified atom stereocenters. The molecule has 8 nitrogen and oxygen atoms in total. The molecule has 31 heavy (non-hydrogen) atoms. The van der Waals surface area contributed by atoms with E-state index in [2.05, 4.69) is 15.1 Å². The molecule has 1 amide bonds. The summed E-state index contributed by atoms with van der Waals surface area (Å²) in [5, 5.41) is 3.62. The highest BCUT2D eigenvalue weighted by molar-refractivity contribution is 5.88. The number of hydrogen-bond acceptors (Lipinski definition) is 6. The number of fused-ring (bicyclic) bond motifs is 1. The highest BCUT2D eigenvalue weighted by Gasteiger charge is 2.55. The third-order valence-corrected chi connectivity index (χ3v) is 6.86. The largest absolute Gasteiger partial charge is 0.458 e. The Morgan fingerprint density at radius 1 is 1.19 bits per heavy atom. The molecule has 1 saturated carbocycles. The predicted octanol–water partition coefficient (Wildman–Crippen LogP) is 2.73. The number of ether oxygens (including phenoxy) is 1. The maximum atomic E-state index is 13.5. The Hall–Kier alpha value is -2.72. The lowest BCUT2D eigenvalue weighted by atomic mass is 9.83. The van der Waals surface area contributed by atoms with Crippen molar-refractivity contribution in [2.24, 2.45) is 5.92 Å². The Labute approximate surface area is 175 Å². The van der Waals surface area contributed by atoms with Gasteiger partial charge < -0.3 is 9.64 Å². The van der Waals surface area contributed by atoms with Gasteiger partial charge in [0.2, 0.25) is 5.91 Å². The van der Waals surface area contributed by atoms with Crippen LogP contribution in [0.1, 0.15) is 62.3 Å². The second-order valence-corrected chi connectivity index (χ2v) is 8.64. The smallest absolute Gasteiger partial charge is 0.433 e. The van der Waals surface area contributed by atoms with Gasteiger partial charge in [0.25, 0.3) is 5.78 Å². The summed E-state index contributed by atoms with van der Waals surface area (Å²) in [5.74, 6) is -1.16. The molecule has 1 spiro atoms. The standard InChI is InChI=1S/C20H22F3N5O3/c21-20(22,23)15-10-14(26-18-24-11-25-28(15)18)12-3-7-27(8-4-12)17(30)13-9-16(29)31-19(13)5-1-2-6-19/h10-13H,1-9H2. The molecule has 0 N–H and O–H groups in total. The van der Waals surface area contributed by atoms with Gasteiger partial charge in [0.1, 0.15) is 11.9 Å². The first-order valence-corrected chi connectivity index (χ1v) is 10.6. The van der Waals surface area contributed by atoms with E-state index in [0.29, 0.717) is 49.0 Å². The van der Waals surface area contributed by atoms with Gasteiger partial charge in [-0.1, -0.05) is 0 Å². The van der Waals surface area contributed by atoms with Gasteiger partial charge in [-0.2, -0.15) is 27.8 Å². The molecule has 4 heterocycles. The van der Waals surface area contributed by atoms with Gasteiger partial charge >= 0.3 is 12.1 Å². The van der Waals surface area contributed by atoms with Gasteiger partial charge in [-0.15, -0.1) is 0 Å². The van der Waals surface area contributed by atoms with Crippen molar-refractivity contribution in [3.63, 3.8) is 0 Å². The van der Waals surface area contributed by atoms with Crippen LogP contribution < -0.4 is 0 Å². The Morgan fingerprint density at radius 2 is 1.90 bits per heavy atom. The molecule has 2 saturated heterocycles. The molecule has 2 aliphatic heterocycles. The normalized spacial score (nSPS) is 24.3. The van der Waals surface area contributed by atoms with Crippen LogP contribution in [0.5, 0.6) is 0 Å². The van der Waals surface area contributed by atoms with Crippen LogP contribution in [0.25, 0.3) is 5.78 Å². The van der Waals surface area contributed by atoms with Crippen molar-refractivity contribution in [3.05, 3.63) is 23.8 Å². The lowest BCUT2D eigenvalue weighted by Gasteiger charge is -2.36. The third-order valence-electron chi connectivity index (χ3n) is 6.86. The van der Waals surface area contributed by atoms with E-state index in [-0.39, 0.29) is 30.0 Å². The number of carbonyl (C=O) groups excluding carboxylic acids is 2. The number of halogens is 3. The van der Waals surface area contributed by atoms with Crippen molar-refractivity contribution < 1.29 is 27.5 Å². The average Bonchev–Trinajstić information content (AvgIpc) is 3.46. The maximum absolute atomic E-state index is 13.5. The summed E-state index contributed by atoms with van der Waals surface area (Å²) in [4.78, 5) is 34.9. The molecule has 1 atom stereocenters. The minimum Gasteiger partial charge on any atom is -0.458 e. The van der Waals surface area contributed by atoms with Gasteiger partial charge in [0.05, 0.1) is 12.3 Å². The Morgan fingerprint density at radius 3 is 2.58 bits per heavy atom. The molecule has 0 bridgehead atoms. The zero-order valence-corrected chi connectivity index (χ0v) is 16.8. The summed E-state index contributed by atoms with van der Waals surface area (Å²) in [6.07, 6.45) is 0.886. The second-order valence-electron chi connectivity index (χ2n) is 8.64. The lowest BCUT2D eigenvalue weighted by Crippen LogP contribution is -2.47. The van der Waals surface area contributed by atoms with Gasteiger partial charge in [-0.05, 0) is 44.6 Å². The zero-order valence-electron chi connectivity index (χ0n) is 16.8. The molecule has 0 aromatic carbocycles. The number of likely N-dealkylation sites (tertiary alicyclic amines) is 1. The number of esters is 1. The molecule has 166 valence electrons. The molecule has 11 heteroatoms. The number of aromatic nitrogens is 4. The summed E-state index contributed by atoms with van der Waals surface area (Å²) in [6.45, 7) is 0.816. The molecule has 1 aliphatic carbocycles. The lowest BCUT2D eigenvalue weighted by molar-refractivity contribution is -0.152. The molecule has 2 aromatic heterocycles. The van der Waals surface area contributed by atoms with Crippen LogP contribution in [0.15, 0.2) is 12.4 Å². The molecular weight excluding hydrogens is 415 g/mol. The predicted molar refractivity (Wildman–Crippen MR) is 99.7 cm³/mol. The number of nitrogens with zero attached hydrogens (tertiary/aromatic N) is 5. The summed E-state index contributed by atoms with van der Waals surface area (Å²) >= 11 is 0. The van der Waals surface area contributed by atoms with E-state index in [4.69, 9.17) is 4.74 Å². The second kappa shape index (κ2) is 7.16. The molecule has 5 rings (SSSR count). The van der Waals surface area contributed by atoms with Crippen LogP contribution in [0, 0.1) is 5.92 Å². The summed E-state index contributed by atoms with van der Waals surface area (Å²) in [7, 11) is 0. The van der Waals surface area contributed by atoms with E-state index in [1.165, 1.54) is 0 Å². The van der Waals surface area contributed by atoms with Crippen molar-refractivity contribution in [2.75, 3.05) is 13.1 Å². The molecule has 3 fully saturated rings. The summed E-state index contributed by atoms with van der Waals surface area (Å²) in [6, 6.07) is 1.03. The van der Waals surface area contributed by atoms with Crippen LogP contribution in [0.2, 0.25) is 0 Å². The Kier molecular flexibility index (Phi) is 4.67. The van der Waals surface area contributed by atoms with E-state index in [1.807, 2.05) is 0 Å². The van der Waals surface area contributed by atoms with E-state index >= 15 is 0 Å². The maximum Gasteiger partial charge on any atom is 0.433 e. The number of rotatable bonds is 2. The highest BCUT2D eigenvalue weighted by Crippen LogP contribution is 2.46. The van der Waals surface area contributed by atoms with E-state index in [0.717, 1.165) is 25.2 Å². The minimum absolute atomic E-state index is 0.0805. The van der Waals surface area contributed by atoms with Gasteiger partial charge in [0.15, 0.2) is 5.69 Å². The van der Waals surface area contributed by atoms with Crippen molar-refractivity contribution in [1.29, 1.82) is 0 Å². The van der Waals surface area contributed by atoms with Crippen LogP contribution in [-0.2, 0) is 20.5 Å². The van der Waals surface area contributed by atoms with E-state index in [9.17, 15) is 22.8 Å². The number of amides is 1. The van der Waals surface area contributed by atoms with Crippen molar-refractivity contribution in [3.8, 4) is 0 Å². The van der Waals surface area contributed by atoms with Crippen LogP contribution in [-0.4, -0.2) is 55.0 Å². The Bertz CT molecular complexity index is 1020. The SMILES string of the molecule is O=C1CC(C(=O)N2CCC(c3cc(C(F)(F)F)n4ncnc4n3)CC2)C2(CCCC2)O1. The fraction of sp³-hybridized carbons (Fsp3) is 0.650. The first-order valence-electron chi connectivity index (χ1n) is 10.6. The van der Waals surface area contributed by atoms with Crippen molar-refractivity contribution in [2.45, 2.75) is 62.6 Å². The topological polar surface area (TPSA) is 89.7 Å². The van der Waals surface area contributed by atoms with Gasteiger partial charge in [-0.25, -0.2) is 4.98 Å². The minimum atomic E-state index is -4.58. The van der Waals surface area contributed by atoms with Crippen LogP contribution in [0.3, 0.4) is 0 Å². The monoisotopic (exact) mass is 437 g/mol. The Balaban J connectivity index is 1.32. The summed E-state index contributed by atoms with van der Waals surface area (Å²) in [5.41, 5.74) is -1.26. The third kappa shape index (κ3) is 3.43. The fourth-order valence-corrected chi connectivity index (χ4v) is 5.29. The quantitative estimate of drug-likeness (QED) is 0.672. The first kappa shape index (κ1) is 20.2. The first-order chi connectivity index (χ1) is 14.8. The van der Waals surface area contributed by atoms with E-state index in [1.54, 1.807) is 4.90 Å². The van der Waals surface area contributed by atoms with Crippen molar-refractivity contribution >= 4 is 17.7 Å². The van der Waals surface area contributed by atoms with Crippen molar-refractivity contribution in [1.82, 2.24) is 24.5 Å². The van der Waals surface area contributed by atoms with Crippen LogP contribution in [0.4, 0.5) is 13.2 Å². The van der Waals surface area contributed by atoms with Gasteiger partial charge in [0, 0.05) is 24.7 Å². The summed E-state index contributed by atoms with van der Waals surface area (Å²) < 4.78 is 46.6. The molecular formula is C20H22F3N5O3. The zero-order chi connectivity index (χ0) is 21.8. The fourth-order valence-electron chi connectivity index (χ4n) is 5.29. The number of piperidine rings is 1. The number of alkyl halides is 3. The van der Waals surface area contributed by atoms with Gasteiger partial charge in [-0.3, -0.25) is 9.59 Å². The van der Waals surface area contributed by atoms with E-state index < -0.39 is 23.4 Å². The van der Waals surface area contributed by atoms with Crippen LogP contribution >= 0.6 is 0 Å². The molecule has 2 aromatic rings. The number of hydrogen-bond donors (Lipinski definition) is 0. The molecule has 0 radical (unpaired) electrons.